The minimum Gasteiger partial charge on any atom is -0.310 e. The van der Waals surface area contributed by atoms with Gasteiger partial charge in [-0.15, -0.1) is 0 Å². The van der Waals surface area contributed by atoms with Crippen LogP contribution >= 0.6 is 11.8 Å². The fourth-order valence-electron chi connectivity index (χ4n) is 2.18. The minimum absolute atomic E-state index is 0.725. The van der Waals surface area contributed by atoms with Crippen molar-refractivity contribution in [3.05, 3.63) is 46.8 Å². The molecule has 0 aliphatic heterocycles. The number of benzene rings is 1. The van der Waals surface area contributed by atoms with E-state index in [9.17, 15) is 0 Å². The zero-order valence-corrected chi connectivity index (χ0v) is 13.6. The van der Waals surface area contributed by atoms with Crippen LogP contribution in [0, 0.1) is 20.8 Å². The number of hydrogen-bond acceptors (Lipinski definition) is 4. The zero-order chi connectivity index (χ0) is 14.8. The molecular weight excluding hydrogens is 278 g/mol. The van der Waals surface area contributed by atoms with Crippen molar-refractivity contribution in [1.82, 2.24) is 15.3 Å². The molecule has 1 heterocycles. The highest BCUT2D eigenvalue weighted by atomic mass is 32.2. The third-order valence-corrected chi connectivity index (χ3v) is 4.93. The van der Waals surface area contributed by atoms with Crippen LogP contribution in [0.5, 0.6) is 0 Å². The van der Waals surface area contributed by atoms with Crippen LogP contribution in [0.1, 0.15) is 35.4 Å². The Balaban J connectivity index is 1.80. The molecule has 0 amide bonds. The Labute approximate surface area is 130 Å². The molecule has 1 saturated carbocycles. The van der Waals surface area contributed by atoms with Gasteiger partial charge in [0.25, 0.3) is 0 Å². The van der Waals surface area contributed by atoms with Crippen molar-refractivity contribution in [3.8, 4) is 0 Å². The number of aryl methyl sites for hydroxylation is 2. The second-order valence-electron chi connectivity index (χ2n) is 5.67. The maximum absolute atomic E-state index is 4.61. The summed E-state index contributed by atoms with van der Waals surface area (Å²) < 4.78 is 0. The van der Waals surface area contributed by atoms with Crippen molar-refractivity contribution in [2.75, 3.05) is 0 Å². The second kappa shape index (κ2) is 6.16. The lowest BCUT2D eigenvalue weighted by Gasteiger charge is -2.11. The monoisotopic (exact) mass is 299 g/mol. The van der Waals surface area contributed by atoms with Crippen molar-refractivity contribution < 1.29 is 0 Å². The molecule has 1 aromatic carbocycles. The van der Waals surface area contributed by atoms with Gasteiger partial charge in [0.05, 0.1) is 0 Å². The molecule has 2 aromatic rings. The Morgan fingerprint density at radius 1 is 1.10 bits per heavy atom. The predicted octanol–water partition coefficient (Wildman–Crippen LogP) is 3.81. The molecule has 1 N–H and O–H groups in total. The summed E-state index contributed by atoms with van der Waals surface area (Å²) in [5.74, 6) is 0. The van der Waals surface area contributed by atoms with E-state index in [1.54, 1.807) is 11.8 Å². The van der Waals surface area contributed by atoms with Crippen LogP contribution in [0.15, 0.2) is 34.3 Å². The quantitative estimate of drug-likeness (QED) is 0.852. The molecular formula is C17H21N3S. The van der Waals surface area contributed by atoms with Crippen LogP contribution < -0.4 is 5.32 Å². The number of rotatable bonds is 5. The fraction of sp³-hybridized carbons (Fsp3) is 0.412. The van der Waals surface area contributed by atoms with Crippen LogP contribution in [0.4, 0.5) is 0 Å². The molecule has 0 unspecified atom stereocenters. The first-order valence-electron chi connectivity index (χ1n) is 7.44. The van der Waals surface area contributed by atoms with E-state index in [2.05, 4.69) is 60.3 Å². The lowest BCUT2D eigenvalue weighted by Crippen LogP contribution is -2.15. The van der Waals surface area contributed by atoms with Crippen LogP contribution in [0.25, 0.3) is 0 Å². The summed E-state index contributed by atoms with van der Waals surface area (Å²) in [6.45, 7) is 7.10. The van der Waals surface area contributed by atoms with Crippen molar-refractivity contribution in [1.29, 1.82) is 0 Å². The van der Waals surface area contributed by atoms with Crippen LogP contribution in [-0.4, -0.2) is 16.0 Å². The van der Waals surface area contributed by atoms with Gasteiger partial charge in [-0.2, -0.15) is 0 Å². The van der Waals surface area contributed by atoms with Gasteiger partial charge in [-0.05, 0) is 62.6 Å². The largest absolute Gasteiger partial charge is 0.310 e. The summed E-state index contributed by atoms with van der Waals surface area (Å²) in [4.78, 5) is 10.5. The minimum atomic E-state index is 0.725. The van der Waals surface area contributed by atoms with Crippen LogP contribution in [0.3, 0.4) is 0 Å². The average molecular weight is 299 g/mol. The molecule has 3 rings (SSSR count). The molecule has 1 aromatic heterocycles. The molecule has 0 saturated heterocycles. The maximum atomic E-state index is 4.61. The molecule has 0 atom stereocenters. The lowest BCUT2D eigenvalue weighted by atomic mass is 10.2. The lowest BCUT2D eigenvalue weighted by molar-refractivity contribution is 0.680. The first-order valence-corrected chi connectivity index (χ1v) is 8.26. The fourth-order valence-corrected chi connectivity index (χ4v) is 3.16. The van der Waals surface area contributed by atoms with Gasteiger partial charge in [0.15, 0.2) is 5.16 Å². The summed E-state index contributed by atoms with van der Waals surface area (Å²) in [5.41, 5.74) is 4.65. The Morgan fingerprint density at radius 3 is 2.43 bits per heavy atom. The normalized spacial score (nSPS) is 14.4. The summed E-state index contributed by atoms with van der Waals surface area (Å²) >= 11 is 1.66. The third kappa shape index (κ3) is 3.63. The molecule has 0 radical (unpaired) electrons. The highest BCUT2D eigenvalue weighted by Crippen LogP contribution is 2.29. The van der Waals surface area contributed by atoms with Gasteiger partial charge in [-0.3, -0.25) is 0 Å². The van der Waals surface area contributed by atoms with Gasteiger partial charge in [0.1, 0.15) is 0 Å². The van der Waals surface area contributed by atoms with Crippen LogP contribution in [-0.2, 0) is 6.54 Å². The number of hydrogen-bond donors (Lipinski definition) is 1. The van der Waals surface area contributed by atoms with E-state index in [0.717, 1.165) is 29.1 Å². The van der Waals surface area contributed by atoms with E-state index in [1.165, 1.54) is 28.9 Å². The molecule has 0 bridgehead atoms. The summed E-state index contributed by atoms with van der Waals surface area (Å²) in [6, 6.07) is 9.24. The Morgan fingerprint density at radius 2 is 1.76 bits per heavy atom. The molecule has 1 aliphatic carbocycles. The standard InChI is InChI=1S/C17H21N3S/c1-11-12(2)19-17(20-13(11)3)21-16-7-5-4-6-14(16)10-18-15-8-9-15/h4-7,15,18H,8-10H2,1-3H3. The van der Waals surface area contributed by atoms with Crippen molar-refractivity contribution >= 4 is 11.8 Å². The van der Waals surface area contributed by atoms with E-state index in [0.29, 0.717) is 0 Å². The number of nitrogens with one attached hydrogen (secondary N) is 1. The van der Waals surface area contributed by atoms with Gasteiger partial charge < -0.3 is 5.32 Å². The first-order chi connectivity index (χ1) is 10.1. The van der Waals surface area contributed by atoms with Gasteiger partial charge >= 0.3 is 0 Å². The third-order valence-electron chi connectivity index (χ3n) is 3.94. The maximum Gasteiger partial charge on any atom is 0.192 e. The molecule has 3 nitrogen and oxygen atoms in total. The molecule has 1 aliphatic rings. The van der Waals surface area contributed by atoms with E-state index in [4.69, 9.17) is 0 Å². The molecule has 110 valence electrons. The molecule has 21 heavy (non-hydrogen) atoms. The van der Waals surface area contributed by atoms with Gasteiger partial charge in [0.2, 0.25) is 0 Å². The van der Waals surface area contributed by atoms with Crippen LogP contribution in [0.2, 0.25) is 0 Å². The summed E-state index contributed by atoms with van der Waals surface area (Å²) in [5, 5.41) is 4.42. The first kappa shape index (κ1) is 14.5. The summed E-state index contributed by atoms with van der Waals surface area (Å²) in [6.07, 6.45) is 2.63. The van der Waals surface area contributed by atoms with E-state index in [-0.39, 0.29) is 0 Å². The van der Waals surface area contributed by atoms with E-state index in [1.807, 2.05) is 0 Å². The zero-order valence-electron chi connectivity index (χ0n) is 12.8. The van der Waals surface area contributed by atoms with Crippen molar-refractivity contribution in [3.63, 3.8) is 0 Å². The molecule has 4 heteroatoms. The van der Waals surface area contributed by atoms with E-state index >= 15 is 0 Å². The Bertz CT molecular complexity index is 627. The van der Waals surface area contributed by atoms with Gasteiger partial charge in [-0.1, -0.05) is 18.2 Å². The Hall–Kier alpha value is -1.39. The van der Waals surface area contributed by atoms with Crippen molar-refractivity contribution in [2.45, 2.75) is 56.3 Å². The molecule has 0 spiro atoms. The number of aromatic nitrogens is 2. The highest BCUT2D eigenvalue weighted by Gasteiger charge is 2.20. The smallest absolute Gasteiger partial charge is 0.192 e. The highest BCUT2D eigenvalue weighted by molar-refractivity contribution is 7.99. The summed E-state index contributed by atoms with van der Waals surface area (Å²) in [7, 11) is 0. The second-order valence-corrected chi connectivity index (χ2v) is 6.68. The Kier molecular flexibility index (Phi) is 4.27. The molecule has 1 fully saturated rings. The SMILES string of the molecule is Cc1nc(Sc2ccccc2CNC2CC2)nc(C)c1C. The van der Waals surface area contributed by atoms with Gasteiger partial charge in [-0.25, -0.2) is 9.97 Å². The topological polar surface area (TPSA) is 37.8 Å². The number of nitrogens with zero attached hydrogens (tertiary/aromatic N) is 2. The average Bonchev–Trinajstić information content (AvgIpc) is 3.28. The van der Waals surface area contributed by atoms with Crippen molar-refractivity contribution in [2.24, 2.45) is 0 Å². The van der Waals surface area contributed by atoms with Gasteiger partial charge in [0, 0.05) is 28.9 Å². The predicted molar refractivity (Wildman–Crippen MR) is 86.7 cm³/mol. The van der Waals surface area contributed by atoms with E-state index < -0.39 is 0 Å².